The Balaban J connectivity index is 2.10. The minimum Gasteiger partial charge on any atom is -0.463 e. The van der Waals surface area contributed by atoms with Gasteiger partial charge in [-0.3, -0.25) is 9.69 Å². The molecule has 6 heteroatoms. The molecule has 144 valence electrons. The van der Waals surface area contributed by atoms with Crippen molar-refractivity contribution < 1.29 is 14.3 Å². The third kappa shape index (κ3) is 3.55. The van der Waals surface area contributed by atoms with E-state index in [-0.39, 0.29) is 17.8 Å². The summed E-state index contributed by atoms with van der Waals surface area (Å²) in [5.41, 5.74) is 3.19. The van der Waals surface area contributed by atoms with Gasteiger partial charge in [0.1, 0.15) is 0 Å². The second-order valence-electron chi connectivity index (χ2n) is 7.06. The molecular formula is C21H26N2O3S. The van der Waals surface area contributed by atoms with Gasteiger partial charge in [-0.15, -0.1) is 0 Å². The van der Waals surface area contributed by atoms with Crippen LogP contribution in [0.5, 0.6) is 0 Å². The fourth-order valence-electron chi connectivity index (χ4n) is 3.44. The Kier molecular flexibility index (Phi) is 5.75. The van der Waals surface area contributed by atoms with Gasteiger partial charge in [0.2, 0.25) is 5.91 Å². The van der Waals surface area contributed by atoms with E-state index >= 15 is 0 Å². The molecule has 1 amide bonds. The first-order valence-electron chi connectivity index (χ1n) is 9.45. The first-order valence-corrected chi connectivity index (χ1v) is 10.3. The van der Waals surface area contributed by atoms with E-state index in [0.717, 1.165) is 12.0 Å². The Bertz CT molecular complexity index is 811. The van der Waals surface area contributed by atoms with Gasteiger partial charge in [-0.25, -0.2) is 9.79 Å². The number of benzene rings is 1. The zero-order valence-corrected chi connectivity index (χ0v) is 17.3. The number of allylic oxidation sites excluding steroid dienone is 1. The van der Waals surface area contributed by atoms with E-state index in [9.17, 15) is 9.59 Å². The molecule has 0 spiro atoms. The highest BCUT2D eigenvalue weighted by Gasteiger charge is 2.47. The van der Waals surface area contributed by atoms with Gasteiger partial charge in [0.15, 0.2) is 5.17 Å². The maximum absolute atomic E-state index is 13.0. The van der Waals surface area contributed by atoms with Gasteiger partial charge in [-0.05, 0) is 37.3 Å². The molecule has 1 fully saturated rings. The van der Waals surface area contributed by atoms with Crippen molar-refractivity contribution in [2.24, 2.45) is 4.99 Å². The molecule has 0 aliphatic carbocycles. The molecule has 3 rings (SSSR count). The number of thioether (sulfide) groups is 1. The van der Waals surface area contributed by atoms with Gasteiger partial charge < -0.3 is 4.74 Å². The van der Waals surface area contributed by atoms with E-state index < -0.39 is 12.0 Å². The van der Waals surface area contributed by atoms with E-state index in [1.807, 2.05) is 26.0 Å². The van der Waals surface area contributed by atoms with Gasteiger partial charge in [0.25, 0.3) is 0 Å². The number of nitrogens with zero attached hydrogens (tertiary/aromatic N) is 2. The van der Waals surface area contributed by atoms with Crippen LogP contribution in [-0.4, -0.2) is 33.8 Å². The minimum atomic E-state index is -0.491. The molecule has 27 heavy (non-hydrogen) atoms. The number of hydrogen-bond donors (Lipinski definition) is 0. The normalized spacial score (nSPS) is 22.2. The molecule has 1 aromatic rings. The van der Waals surface area contributed by atoms with Gasteiger partial charge in [-0.1, -0.05) is 56.8 Å². The summed E-state index contributed by atoms with van der Waals surface area (Å²) >= 11 is 1.48. The number of amidine groups is 1. The van der Waals surface area contributed by atoms with Crippen molar-refractivity contribution in [3.63, 3.8) is 0 Å². The van der Waals surface area contributed by atoms with E-state index in [4.69, 9.17) is 4.74 Å². The number of carbonyl (C=O) groups is 2. The predicted octanol–water partition coefficient (Wildman–Crippen LogP) is 4.41. The zero-order valence-electron chi connectivity index (χ0n) is 16.5. The zero-order chi connectivity index (χ0) is 19.7. The molecule has 0 unspecified atom stereocenters. The number of rotatable bonds is 5. The maximum atomic E-state index is 13.0. The van der Waals surface area contributed by atoms with Crippen LogP contribution in [0.2, 0.25) is 0 Å². The third-order valence-electron chi connectivity index (χ3n) is 4.94. The van der Waals surface area contributed by atoms with Gasteiger partial charge in [0, 0.05) is 0 Å². The smallest absolute Gasteiger partial charge is 0.338 e. The topological polar surface area (TPSA) is 59.0 Å². The lowest BCUT2D eigenvalue weighted by Gasteiger charge is -2.33. The highest BCUT2D eigenvalue weighted by molar-refractivity contribution is 8.15. The first-order chi connectivity index (χ1) is 12.9. The van der Waals surface area contributed by atoms with Gasteiger partial charge in [0.05, 0.1) is 29.2 Å². The van der Waals surface area contributed by atoms with Gasteiger partial charge >= 0.3 is 5.97 Å². The molecule has 0 N–H and O–H groups in total. The largest absolute Gasteiger partial charge is 0.463 e. The molecule has 5 nitrogen and oxygen atoms in total. The summed E-state index contributed by atoms with van der Waals surface area (Å²) in [6.45, 7) is 10.2. The standard InChI is InChI=1S/C21H26N2O3S/c1-6-16-19(24)23-18(15-10-8-14(9-11-15)12(3)4)17(20(25)26-7-2)13(5)22-21(23)27-16/h8-12,16,18H,6-7H2,1-5H3/t16-,18-/m1/s1. The molecule has 0 saturated carbocycles. The second-order valence-corrected chi connectivity index (χ2v) is 8.23. The van der Waals surface area contributed by atoms with Crippen LogP contribution in [0.1, 0.15) is 64.1 Å². The van der Waals surface area contributed by atoms with Crippen molar-refractivity contribution in [3.8, 4) is 0 Å². The van der Waals surface area contributed by atoms with Crippen LogP contribution in [0, 0.1) is 0 Å². The molecular weight excluding hydrogens is 360 g/mol. The number of hydrogen-bond acceptors (Lipinski definition) is 5. The van der Waals surface area contributed by atoms with E-state index in [1.54, 1.807) is 11.8 Å². The fourth-order valence-corrected chi connectivity index (χ4v) is 4.57. The van der Waals surface area contributed by atoms with Crippen LogP contribution >= 0.6 is 11.8 Å². The van der Waals surface area contributed by atoms with Crippen molar-refractivity contribution in [3.05, 3.63) is 46.7 Å². The van der Waals surface area contributed by atoms with Crippen LogP contribution in [0.3, 0.4) is 0 Å². The lowest BCUT2D eigenvalue weighted by atomic mass is 9.92. The van der Waals surface area contributed by atoms with Crippen LogP contribution in [0.4, 0.5) is 0 Å². The lowest BCUT2D eigenvalue weighted by Crippen LogP contribution is -2.40. The molecule has 0 bridgehead atoms. The van der Waals surface area contributed by atoms with E-state index in [1.165, 1.54) is 17.3 Å². The van der Waals surface area contributed by atoms with E-state index in [2.05, 4.69) is 31.0 Å². The highest BCUT2D eigenvalue weighted by Crippen LogP contribution is 2.44. The Morgan fingerprint density at radius 1 is 1.26 bits per heavy atom. The summed E-state index contributed by atoms with van der Waals surface area (Å²) in [5.74, 6) is 0.0137. The van der Waals surface area contributed by atoms with Crippen molar-refractivity contribution in [2.45, 2.75) is 58.2 Å². The summed E-state index contributed by atoms with van der Waals surface area (Å²) in [7, 11) is 0. The Hall–Kier alpha value is -2.08. The van der Waals surface area contributed by atoms with Crippen molar-refractivity contribution in [2.75, 3.05) is 6.61 Å². The molecule has 2 aliphatic rings. The number of amides is 1. The summed E-state index contributed by atoms with van der Waals surface area (Å²) in [5, 5.41) is 0.519. The number of aliphatic imine (C=N–C) groups is 1. The average Bonchev–Trinajstić information content (AvgIpc) is 2.96. The minimum absolute atomic E-state index is 0.00786. The highest BCUT2D eigenvalue weighted by atomic mass is 32.2. The Morgan fingerprint density at radius 3 is 2.48 bits per heavy atom. The predicted molar refractivity (Wildman–Crippen MR) is 109 cm³/mol. The van der Waals surface area contributed by atoms with Crippen molar-refractivity contribution >= 4 is 28.8 Å². The van der Waals surface area contributed by atoms with Gasteiger partial charge in [-0.2, -0.15) is 0 Å². The molecule has 2 atom stereocenters. The fraction of sp³-hybridized carbons (Fsp3) is 0.476. The van der Waals surface area contributed by atoms with E-state index in [0.29, 0.717) is 22.4 Å². The Labute approximate surface area is 164 Å². The average molecular weight is 387 g/mol. The molecule has 1 saturated heterocycles. The number of ether oxygens (including phenoxy) is 1. The quantitative estimate of drug-likeness (QED) is 0.703. The summed E-state index contributed by atoms with van der Waals surface area (Å²) < 4.78 is 5.29. The maximum Gasteiger partial charge on any atom is 0.338 e. The summed E-state index contributed by atoms with van der Waals surface area (Å²) in [4.78, 5) is 32.0. The second kappa shape index (κ2) is 7.89. The van der Waals surface area contributed by atoms with Crippen molar-refractivity contribution in [1.82, 2.24) is 4.90 Å². The molecule has 2 aliphatic heterocycles. The summed E-state index contributed by atoms with van der Waals surface area (Å²) in [6.07, 6.45) is 0.728. The number of esters is 1. The SMILES string of the molecule is CCOC(=O)C1=C(C)N=C2S[C@H](CC)C(=O)N2[C@@H]1c1ccc(C(C)C)cc1. The Morgan fingerprint density at radius 2 is 1.93 bits per heavy atom. The lowest BCUT2D eigenvalue weighted by molar-refractivity contribution is -0.139. The molecule has 0 aromatic heterocycles. The summed E-state index contributed by atoms with van der Waals surface area (Å²) in [6, 6.07) is 7.65. The number of carbonyl (C=O) groups excluding carboxylic acids is 2. The molecule has 1 aromatic carbocycles. The monoisotopic (exact) mass is 386 g/mol. The van der Waals surface area contributed by atoms with Crippen LogP contribution in [-0.2, 0) is 14.3 Å². The van der Waals surface area contributed by atoms with Crippen LogP contribution in [0.25, 0.3) is 0 Å². The van der Waals surface area contributed by atoms with Crippen LogP contribution in [0.15, 0.2) is 40.5 Å². The van der Waals surface area contributed by atoms with Crippen molar-refractivity contribution in [1.29, 1.82) is 0 Å². The molecule has 0 radical (unpaired) electrons. The molecule has 2 heterocycles. The van der Waals surface area contributed by atoms with Crippen LogP contribution < -0.4 is 0 Å². The third-order valence-corrected chi connectivity index (χ3v) is 6.25. The first kappa shape index (κ1) is 19.7. The number of fused-ring (bicyclic) bond motifs is 1.